The number of urea groups is 1. The number of imidazole rings is 1. The van der Waals surface area contributed by atoms with Gasteiger partial charge < -0.3 is 9.67 Å². The normalized spacial score (nSPS) is 10.1. The van der Waals surface area contributed by atoms with E-state index >= 15 is 0 Å². The predicted molar refractivity (Wildman–Crippen MR) is 66.5 cm³/mol. The zero-order valence-corrected chi connectivity index (χ0v) is 10.0. The molecule has 2 amide bonds. The Hall–Kier alpha value is -2.57. The SMILES string of the molecule is Cc1ccc(NC(=O)Nc2nc(O)cn2C)nc1. The zero-order chi connectivity index (χ0) is 13.1. The Bertz CT molecular complexity index is 561. The first-order valence-electron chi connectivity index (χ1n) is 5.27. The van der Waals surface area contributed by atoms with Gasteiger partial charge in [-0.15, -0.1) is 0 Å². The molecule has 2 heterocycles. The fourth-order valence-corrected chi connectivity index (χ4v) is 1.36. The number of anilines is 2. The molecule has 0 aromatic carbocycles. The van der Waals surface area contributed by atoms with Crippen LogP contribution in [0.15, 0.2) is 24.5 Å². The molecule has 0 saturated heterocycles. The second kappa shape index (κ2) is 4.74. The molecular weight excluding hydrogens is 234 g/mol. The quantitative estimate of drug-likeness (QED) is 0.749. The minimum absolute atomic E-state index is 0.152. The summed E-state index contributed by atoms with van der Waals surface area (Å²) >= 11 is 0. The van der Waals surface area contributed by atoms with Gasteiger partial charge in [-0.1, -0.05) is 6.07 Å². The van der Waals surface area contributed by atoms with E-state index in [1.807, 2.05) is 13.0 Å². The van der Waals surface area contributed by atoms with Gasteiger partial charge in [0.15, 0.2) is 0 Å². The molecule has 0 aliphatic heterocycles. The smallest absolute Gasteiger partial charge is 0.327 e. The van der Waals surface area contributed by atoms with Crippen molar-refractivity contribution in [3.63, 3.8) is 0 Å². The van der Waals surface area contributed by atoms with E-state index in [2.05, 4.69) is 20.6 Å². The summed E-state index contributed by atoms with van der Waals surface area (Å²) in [6, 6.07) is 3.07. The number of aryl methyl sites for hydroxylation is 2. The van der Waals surface area contributed by atoms with Crippen molar-refractivity contribution in [1.29, 1.82) is 0 Å². The Balaban J connectivity index is 2.01. The molecular formula is C11H13N5O2. The Morgan fingerprint density at radius 3 is 2.72 bits per heavy atom. The van der Waals surface area contributed by atoms with Gasteiger partial charge in [0.1, 0.15) is 5.82 Å². The third-order valence-corrected chi connectivity index (χ3v) is 2.24. The fraction of sp³-hybridized carbons (Fsp3) is 0.182. The van der Waals surface area contributed by atoms with Crippen LogP contribution in [-0.2, 0) is 7.05 Å². The minimum atomic E-state index is -0.472. The standard InChI is InChI=1S/C11H13N5O2/c1-7-3-4-8(12-5-7)13-11(18)15-10-14-9(17)6-16(10)2/h3-6,17H,1-2H3,(H2,12,13,14,15,18). The summed E-state index contributed by atoms with van der Waals surface area (Å²) in [5, 5.41) is 14.2. The van der Waals surface area contributed by atoms with Gasteiger partial charge in [0.05, 0.1) is 6.20 Å². The average molecular weight is 247 g/mol. The van der Waals surface area contributed by atoms with Gasteiger partial charge in [-0.3, -0.25) is 10.6 Å². The molecule has 0 spiro atoms. The molecule has 7 nitrogen and oxygen atoms in total. The molecule has 0 atom stereocenters. The maximum atomic E-state index is 11.6. The maximum Gasteiger partial charge on any atom is 0.327 e. The zero-order valence-electron chi connectivity index (χ0n) is 10.0. The Labute approximate surface area is 103 Å². The fourth-order valence-electron chi connectivity index (χ4n) is 1.36. The first-order chi connectivity index (χ1) is 8.54. The van der Waals surface area contributed by atoms with Gasteiger partial charge >= 0.3 is 6.03 Å². The van der Waals surface area contributed by atoms with Crippen molar-refractivity contribution in [3.05, 3.63) is 30.1 Å². The van der Waals surface area contributed by atoms with Crippen LogP contribution in [0.5, 0.6) is 5.88 Å². The van der Waals surface area contributed by atoms with Crippen molar-refractivity contribution in [2.45, 2.75) is 6.92 Å². The van der Waals surface area contributed by atoms with Crippen LogP contribution in [0.1, 0.15) is 5.56 Å². The highest BCUT2D eigenvalue weighted by molar-refractivity contribution is 5.98. The number of pyridine rings is 1. The number of nitrogens with one attached hydrogen (secondary N) is 2. The third-order valence-electron chi connectivity index (χ3n) is 2.24. The molecule has 2 rings (SSSR count). The number of carbonyl (C=O) groups excluding carboxylic acids is 1. The molecule has 0 unspecified atom stereocenters. The molecule has 94 valence electrons. The molecule has 0 fully saturated rings. The number of nitrogens with zero attached hydrogens (tertiary/aromatic N) is 3. The van der Waals surface area contributed by atoms with Crippen molar-refractivity contribution in [1.82, 2.24) is 14.5 Å². The van der Waals surface area contributed by atoms with E-state index in [9.17, 15) is 4.79 Å². The summed E-state index contributed by atoms with van der Waals surface area (Å²) in [6.07, 6.45) is 3.04. The monoisotopic (exact) mass is 247 g/mol. The van der Waals surface area contributed by atoms with Crippen molar-refractivity contribution in [3.8, 4) is 5.88 Å². The Kier molecular flexibility index (Phi) is 3.13. The largest absolute Gasteiger partial charge is 0.492 e. The Morgan fingerprint density at radius 1 is 1.39 bits per heavy atom. The number of hydrogen-bond donors (Lipinski definition) is 3. The number of carbonyl (C=O) groups is 1. The lowest BCUT2D eigenvalue weighted by Crippen LogP contribution is -2.21. The molecule has 0 radical (unpaired) electrons. The lowest BCUT2D eigenvalue weighted by Gasteiger charge is -2.06. The molecule has 0 aliphatic carbocycles. The first-order valence-corrected chi connectivity index (χ1v) is 5.27. The second-order valence-electron chi connectivity index (χ2n) is 3.83. The van der Waals surface area contributed by atoms with E-state index in [4.69, 9.17) is 5.11 Å². The lowest BCUT2D eigenvalue weighted by atomic mass is 10.3. The molecule has 2 aromatic rings. The first kappa shape index (κ1) is 11.9. The van der Waals surface area contributed by atoms with Crippen LogP contribution in [-0.4, -0.2) is 25.7 Å². The maximum absolute atomic E-state index is 11.6. The second-order valence-corrected chi connectivity index (χ2v) is 3.83. The molecule has 0 aliphatic rings. The summed E-state index contributed by atoms with van der Waals surface area (Å²) in [5.41, 5.74) is 1.01. The van der Waals surface area contributed by atoms with Gasteiger partial charge in [0, 0.05) is 13.2 Å². The molecule has 2 aromatic heterocycles. The number of rotatable bonds is 2. The van der Waals surface area contributed by atoms with Crippen molar-refractivity contribution < 1.29 is 9.90 Å². The lowest BCUT2D eigenvalue weighted by molar-refractivity contribution is 0.262. The van der Waals surface area contributed by atoms with Crippen molar-refractivity contribution >= 4 is 17.8 Å². The van der Waals surface area contributed by atoms with Crippen LogP contribution in [0, 0.1) is 6.92 Å². The summed E-state index contributed by atoms with van der Waals surface area (Å²) < 4.78 is 1.50. The molecule has 7 heteroatoms. The van der Waals surface area contributed by atoms with E-state index in [-0.39, 0.29) is 11.8 Å². The highest BCUT2D eigenvalue weighted by Gasteiger charge is 2.08. The van der Waals surface area contributed by atoms with E-state index in [0.717, 1.165) is 5.56 Å². The van der Waals surface area contributed by atoms with Crippen LogP contribution in [0.3, 0.4) is 0 Å². The van der Waals surface area contributed by atoms with Crippen molar-refractivity contribution in [2.75, 3.05) is 10.6 Å². The summed E-state index contributed by atoms with van der Waals surface area (Å²) in [4.78, 5) is 19.4. The summed E-state index contributed by atoms with van der Waals surface area (Å²) in [6.45, 7) is 1.91. The minimum Gasteiger partial charge on any atom is -0.492 e. The highest BCUT2D eigenvalue weighted by atomic mass is 16.3. The summed E-state index contributed by atoms with van der Waals surface area (Å²) in [5.74, 6) is 0.537. The third kappa shape index (κ3) is 2.76. The van der Waals surface area contributed by atoms with E-state index < -0.39 is 6.03 Å². The van der Waals surface area contributed by atoms with Gasteiger partial charge in [0.2, 0.25) is 11.8 Å². The van der Waals surface area contributed by atoms with Gasteiger partial charge in [-0.05, 0) is 18.6 Å². The molecule has 18 heavy (non-hydrogen) atoms. The number of hydrogen-bond acceptors (Lipinski definition) is 4. The van der Waals surface area contributed by atoms with Gasteiger partial charge in [-0.2, -0.15) is 4.98 Å². The van der Waals surface area contributed by atoms with Crippen LogP contribution >= 0.6 is 0 Å². The van der Waals surface area contributed by atoms with Crippen LogP contribution in [0.4, 0.5) is 16.6 Å². The van der Waals surface area contributed by atoms with Crippen LogP contribution in [0.25, 0.3) is 0 Å². The topological polar surface area (TPSA) is 92.1 Å². The van der Waals surface area contributed by atoms with Crippen LogP contribution < -0.4 is 10.6 Å². The number of amides is 2. The summed E-state index contributed by atoms with van der Waals surface area (Å²) in [7, 11) is 1.66. The number of aromatic hydroxyl groups is 1. The van der Waals surface area contributed by atoms with E-state index in [1.54, 1.807) is 19.3 Å². The molecule has 3 N–H and O–H groups in total. The van der Waals surface area contributed by atoms with Gasteiger partial charge in [-0.25, -0.2) is 9.78 Å². The van der Waals surface area contributed by atoms with E-state index in [1.165, 1.54) is 10.8 Å². The molecule has 0 saturated carbocycles. The Morgan fingerprint density at radius 2 is 2.17 bits per heavy atom. The number of aromatic nitrogens is 3. The highest BCUT2D eigenvalue weighted by Crippen LogP contribution is 2.12. The van der Waals surface area contributed by atoms with E-state index in [0.29, 0.717) is 5.82 Å². The molecule has 0 bridgehead atoms. The van der Waals surface area contributed by atoms with Crippen molar-refractivity contribution in [2.24, 2.45) is 7.05 Å². The van der Waals surface area contributed by atoms with Crippen LogP contribution in [0.2, 0.25) is 0 Å². The predicted octanol–water partition coefficient (Wildman–Crippen LogP) is 1.47. The van der Waals surface area contributed by atoms with Gasteiger partial charge in [0.25, 0.3) is 0 Å². The average Bonchev–Trinajstić information content (AvgIpc) is 2.61.